The standard InChI is InChI=1S/C16H14N4O2S/c21-16(15-8-11-4-1-2-7-14(11)23-15)22-13-6-3-5-12(9-13)20-10-17-18-19-20/h3,5-6,8-10H,1-2,4,7H2. The van der Waals surface area contributed by atoms with E-state index < -0.39 is 0 Å². The molecule has 0 unspecified atom stereocenters. The van der Waals surface area contributed by atoms with Crippen molar-refractivity contribution in [3.63, 3.8) is 0 Å². The molecule has 23 heavy (non-hydrogen) atoms. The number of tetrazole rings is 1. The molecule has 0 saturated carbocycles. The quantitative estimate of drug-likeness (QED) is 0.547. The third-order valence-electron chi connectivity index (χ3n) is 3.84. The molecule has 1 aromatic carbocycles. The van der Waals surface area contributed by atoms with Crippen LogP contribution in [0.1, 0.15) is 33.0 Å². The predicted octanol–water partition coefficient (Wildman–Crippen LogP) is 2.82. The molecule has 116 valence electrons. The smallest absolute Gasteiger partial charge is 0.353 e. The number of esters is 1. The van der Waals surface area contributed by atoms with Crippen molar-refractivity contribution in [3.8, 4) is 11.4 Å². The van der Waals surface area contributed by atoms with Crippen LogP contribution in [0.15, 0.2) is 36.7 Å². The fourth-order valence-corrected chi connectivity index (χ4v) is 3.85. The lowest BCUT2D eigenvalue weighted by Crippen LogP contribution is -2.07. The number of benzene rings is 1. The van der Waals surface area contributed by atoms with Gasteiger partial charge < -0.3 is 4.74 Å². The molecule has 1 aliphatic rings. The highest BCUT2D eigenvalue weighted by Gasteiger charge is 2.18. The Balaban J connectivity index is 1.54. The minimum Gasteiger partial charge on any atom is -0.422 e. The molecule has 2 aromatic heterocycles. The zero-order valence-corrected chi connectivity index (χ0v) is 13.1. The summed E-state index contributed by atoms with van der Waals surface area (Å²) in [5.41, 5.74) is 2.04. The Bertz CT molecular complexity index is 818. The Hall–Kier alpha value is -2.54. The molecule has 0 amide bonds. The van der Waals surface area contributed by atoms with Crippen molar-refractivity contribution in [2.45, 2.75) is 25.7 Å². The molecule has 0 bridgehead atoms. The lowest BCUT2D eigenvalue weighted by Gasteiger charge is -2.08. The number of nitrogens with zero attached hydrogens (tertiary/aromatic N) is 4. The fourth-order valence-electron chi connectivity index (χ4n) is 2.72. The minimum atomic E-state index is -0.307. The third-order valence-corrected chi connectivity index (χ3v) is 5.06. The Morgan fingerprint density at radius 1 is 1.22 bits per heavy atom. The third kappa shape index (κ3) is 2.87. The van der Waals surface area contributed by atoms with Gasteiger partial charge in [-0.1, -0.05) is 6.07 Å². The first kappa shape index (κ1) is 14.1. The van der Waals surface area contributed by atoms with Crippen LogP contribution < -0.4 is 4.74 Å². The van der Waals surface area contributed by atoms with Crippen molar-refractivity contribution in [2.75, 3.05) is 0 Å². The molecule has 6 nitrogen and oxygen atoms in total. The summed E-state index contributed by atoms with van der Waals surface area (Å²) in [5, 5.41) is 11.0. The number of rotatable bonds is 3. The summed E-state index contributed by atoms with van der Waals surface area (Å²) >= 11 is 1.55. The van der Waals surface area contributed by atoms with Crippen LogP contribution >= 0.6 is 11.3 Å². The summed E-state index contributed by atoms with van der Waals surface area (Å²) in [7, 11) is 0. The molecule has 0 saturated heterocycles. The molecular formula is C16H14N4O2S. The first-order valence-corrected chi connectivity index (χ1v) is 8.28. The van der Waals surface area contributed by atoms with Gasteiger partial charge in [0.2, 0.25) is 0 Å². The van der Waals surface area contributed by atoms with E-state index in [2.05, 4.69) is 15.5 Å². The first-order chi connectivity index (χ1) is 11.3. The Morgan fingerprint density at radius 2 is 2.13 bits per heavy atom. The minimum absolute atomic E-state index is 0.307. The second-order valence-electron chi connectivity index (χ2n) is 5.41. The van der Waals surface area contributed by atoms with Gasteiger partial charge in [-0.3, -0.25) is 0 Å². The number of carbonyl (C=O) groups is 1. The lowest BCUT2D eigenvalue weighted by atomic mass is 9.99. The normalized spacial score (nSPS) is 13.6. The summed E-state index contributed by atoms with van der Waals surface area (Å²) in [6.07, 6.45) is 6.03. The lowest BCUT2D eigenvalue weighted by molar-refractivity contribution is 0.0740. The van der Waals surface area contributed by atoms with E-state index in [9.17, 15) is 4.79 Å². The van der Waals surface area contributed by atoms with Crippen molar-refractivity contribution in [3.05, 3.63) is 52.0 Å². The van der Waals surface area contributed by atoms with Crippen LogP contribution in [0.3, 0.4) is 0 Å². The molecule has 0 fully saturated rings. The molecule has 1 aliphatic carbocycles. The van der Waals surface area contributed by atoms with E-state index in [0.29, 0.717) is 10.6 Å². The number of aryl methyl sites for hydroxylation is 2. The van der Waals surface area contributed by atoms with Crippen LogP contribution in [0.5, 0.6) is 5.75 Å². The van der Waals surface area contributed by atoms with Crippen LogP contribution in [-0.2, 0) is 12.8 Å². The topological polar surface area (TPSA) is 69.9 Å². The molecule has 2 heterocycles. The van der Waals surface area contributed by atoms with E-state index in [4.69, 9.17) is 4.74 Å². The van der Waals surface area contributed by atoms with Crippen molar-refractivity contribution >= 4 is 17.3 Å². The average Bonchev–Trinajstić information content (AvgIpc) is 3.24. The molecule has 0 aliphatic heterocycles. The van der Waals surface area contributed by atoms with Crippen LogP contribution in [0.4, 0.5) is 0 Å². The molecular weight excluding hydrogens is 312 g/mol. The number of ether oxygens (including phenoxy) is 1. The number of hydrogen-bond acceptors (Lipinski definition) is 6. The highest BCUT2D eigenvalue weighted by molar-refractivity contribution is 7.14. The van der Waals surface area contributed by atoms with Gasteiger partial charge in [0.05, 0.1) is 5.69 Å². The molecule has 3 aromatic rings. The maximum Gasteiger partial charge on any atom is 0.353 e. The number of fused-ring (bicyclic) bond motifs is 1. The maximum absolute atomic E-state index is 12.4. The molecule has 0 radical (unpaired) electrons. The van der Waals surface area contributed by atoms with Crippen molar-refractivity contribution in [1.82, 2.24) is 20.2 Å². The largest absolute Gasteiger partial charge is 0.422 e. The zero-order chi connectivity index (χ0) is 15.6. The van der Waals surface area contributed by atoms with Crippen LogP contribution in [0.25, 0.3) is 5.69 Å². The summed E-state index contributed by atoms with van der Waals surface area (Å²) in [4.78, 5) is 14.4. The zero-order valence-electron chi connectivity index (χ0n) is 12.3. The molecule has 7 heteroatoms. The Morgan fingerprint density at radius 3 is 2.96 bits per heavy atom. The van der Waals surface area contributed by atoms with E-state index in [1.54, 1.807) is 29.5 Å². The van der Waals surface area contributed by atoms with Crippen LogP contribution in [-0.4, -0.2) is 26.2 Å². The van der Waals surface area contributed by atoms with Crippen molar-refractivity contribution in [2.24, 2.45) is 0 Å². The van der Waals surface area contributed by atoms with Gasteiger partial charge in [0.15, 0.2) is 0 Å². The first-order valence-electron chi connectivity index (χ1n) is 7.47. The highest BCUT2D eigenvalue weighted by Crippen LogP contribution is 2.30. The van der Waals surface area contributed by atoms with Crippen LogP contribution in [0, 0.1) is 0 Å². The maximum atomic E-state index is 12.4. The average molecular weight is 326 g/mol. The van der Waals surface area contributed by atoms with Gasteiger partial charge in [0, 0.05) is 10.9 Å². The second kappa shape index (κ2) is 5.92. The molecule has 0 N–H and O–H groups in total. The fraction of sp³-hybridized carbons (Fsp3) is 0.250. The number of thiophene rings is 1. The van der Waals surface area contributed by atoms with Gasteiger partial charge in [-0.2, -0.15) is 0 Å². The number of aromatic nitrogens is 4. The van der Waals surface area contributed by atoms with Crippen LogP contribution in [0.2, 0.25) is 0 Å². The van der Waals surface area contributed by atoms with E-state index in [0.717, 1.165) is 18.5 Å². The monoisotopic (exact) mass is 326 g/mol. The number of carbonyl (C=O) groups excluding carboxylic acids is 1. The molecule has 0 spiro atoms. The van der Waals surface area contributed by atoms with Gasteiger partial charge in [-0.15, -0.1) is 16.4 Å². The Labute approximate surface area is 136 Å². The second-order valence-corrected chi connectivity index (χ2v) is 6.54. The summed E-state index contributed by atoms with van der Waals surface area (Å²) in [6.45, 7) is 0. The van der Waals surface area contributed by atoms with E-state index in [1.165, 1.54) is 34.3 Å². The van der Waals surface area contributed by atoms with Crippen molar-refractivity contribution < 1.29 is 9.53 Å². The van der Waals surface area contributed by atoms with Crippen molar-refractivity contribution in [1.29, 1.82) is 0 Å². The summed E-state index contributed by atoms with van der Waals surface area (Å²) < 4.78 is 7.02. The summed E-state index contributed by atoms with van der Waals surface area (Å²) in [5.74, 6) is 0.174. The van der Waals surface area contributed by atoms with Gasteiger partial charge >= 0.3 is 5.97 Å². The predicted molar refractivity (Wildman–Crippen MR) is 85.1 cm³/mol. The SMILES string of the molecule is O=C(Oc1cccc(-n2cnnn2)c1)c1cc2c(s1)CCCC2. The van der Waals surface area contributed by atoms with Gasteiger partial charge in [0.1, 0.15) is 17.0 Å². The highest BCUT2D eigenvalue weighted by atomic mass is 32.1. The van der Waals surface area contributed by atoms with E-state index in [-0.39, 0.29) is 5.97 Å². The van der Waals surface area contributed by atoms with Gasteiger partial charge in [-0.05, 0) is 59.9 Å². The summed E-state index contributed by atoms with van der Waals surface area (Å²) in [6, 6.07) is 9.12. The Kier molecular flexibility index (Phi) is 3.63. The van der Waals surface area contributed by atoms with Gasteiger partial charge in [0.25, 0.3) is 0 Å². The van der Waals surface area contributed by atoms with E-state index in [1.807, 2.05) is 12.1 Å². The molecule has 0 atom stereocenters. The van der Waals surface area contributed by atoms with E-state index >= 15 is 0 Å². The van der Waals surface area contributed by atoms with Gasteiger partial charge in [-0.25, -0.2) is 9.48 Å². The molecule has 4 rings (SSSR count). The number of hydrogen-bond donors (Lipinski definition) is 0.